The van der Waals surface area contributed by atoms with Gasteiger partial charge in [0.05, 0.1) is 19.3 Å². The number of rotatable bonds is 5. The summed E-state index contributed by atoms with van der Waals surface area (Å²) in [5.41, 5.74) is 6.93. The Kier molecular flexibility index (Phi) is 4.48. The molecule has 0 spiro atoms. The monoisotopic (exact) mass is 239 g/mol. The van der Waals surface area contributed by atoms with E-state index in [4.69, 9.17) is 15.2 Å². The Morgan fingerprint density at radius 3 is 3.06 bits per heavy atom. The second-order valence-electron chi connectivity index (χ2n) is 4.28. The molecule has 1 fully saturated rings. The smallest absolute Gasteiger partial charge is 0.127 e. The molecule has 1 aromatic carbocycles. The summed E-state index contributed by atoms with van der Waals surface area (Å²) in [6, 6.07) is 4.92. The van der Waals surface area contributed by atoms with E-state index in [1.54, 1.807) is 12.1 Å². The highest BCUT2D eigenvalue weighted by atomic mass is 19.1. The highest BCUT2D eigenvalue weighted by Crippen LogP contribution is 2.14. The standard InChI is InChI=1S/C13H18FNO2/c14-13-4-3-10(6-11(13)7-15)8-16-9-12-2-1-5-17-12/h3-4,6,12H,1-2,5,7-9,15H2. The van der Waals surface area contributed by atoms with Crippen molar-refractivity contribution >= 4 is 0 Å². The number of benzene rings is 1. The van der Waals surface area contributed by atoms with E-state index in [-0.39, 0.29) is 18.5 Å². The maximum absolute atomic E-state index is 13.2. The molecule has 0 bridgehead atoms. The van der Waals surface area contributed by atoms with E-state index in [0.29, 0.717) is 18.8 Å². The van der Waals surface area contributed by atoms with Gasteiger partial charge in [-0.05, 0) is 30.5 Å². The van der Waals surface area contributed by atoms with Gasteiger partial charge in [-0.1, -0.05) is 6.07 Å². The summed E-state index contributed by atoms with van der Waals surface area (Å²) >= 11 is 0. The molecule has 4 heteroatoms. The van der Waals surface area contributed by atoms with Crippen LogP contribution in [0.2, 0.25) is 0 Å². The molecule has 1 unspecified atom stereocenters. The Hall–Kier alpha value is -0.970. The van der Waals surface area contributed by atoms with Crippen molar-refractivity contribution in [3.8, 4) is 0 Å². The minimum atomic E-state index is -0.254. The highest BCUT2D eigenvalue weighted by Gasteiger charge is 2.15. The molecule has 1 saturated heterocycles. The SMILES string of the molecule is NCc1cc(COCC2CCCO2)ccc1F. The Balaban J connectivity index is 1.81. The van der Waals surface area contributed by atoms with E-state index in [0.717, 1.165) is 25.0 Å². The molecule has 2 N–H and O–H groups in total. The molecule has 0 radical (unpaired) electrons. The van der Waals surface area contributed by atoms with Crippen molar-refractivity contribution in [2.45, 2.75) is 32.1 Å². The van der Waals surface area contributed by atoms with Gasteiger partial charge in [-0.2, -0.15) is 0 Å². The van der Waals surface area contributed by atoms with Crippen LogP contribution in [0.4, 0.5) is 4.39 Å². The van der Waals surface area contributed by atoms with Gasteiger partial charge in [0, 0.05) is 18.7 Å². The van der Waals surface area contributed by atoms with Crippen molar-refractivity contribution in [1.29, 1.82) is 0 Å². The molecule has 2 rings (SSSR count). The molecular weight excluding hydrogens is 221 g/mol. The van der Waals surface area contributed by atoms with E-state index in [9.17, 15) is 4.39 Å². The van der Waals surface area contributed by atoms with Gasteiger partial charge in [-0.3, -0.25) is 0 Å². The van der Waals surface area contributed by atoms with Gasteiger partial charge in [0.2, 0.25) is 0 Å². The van der Waals surface area contributed by atoms with Crippen molar-refractivity contribution in [1.82, 2.24) is 0 Å². The van der Waals surface area contributed by atoms with Crippen LogP contribution in [0.3, 0.4) is 0 Å². The van der Waals surface area contributed by atoms with E-state index < -0.39 is 0 Å². The molecule has 0 saturated carbocycles. The average Bonchev–Trinajstić information content (AvgIpc) is 2.84. The van der Waals surface area contributed by atoms with Gasteiger partial charge < -0.3 is 15.2 Å². The quantitative estimate of drug-likeness (QED) is 0.854. The Bertz CT molecular complexity index is 364. The molecule has 1 aliphatic rings. The first-order valence-corrected chi connectivity index (χ1v) is 5.96. The van der Waals surface area contributed by atoms with Crippen LogP contribution in [0.1, 0.15) is 24.0 Å². The molecular formula is C13H18FNO2. The van der Waals surface area contributed by atoms with Crippen LogP contribution >= 0.6 is 0 Å². The molecule has 17 heavy (non-hydrogen) atoms. The second-order valence-corrected chi connectivity index (χ2v) is 4.28. The van der Waals surface area contributed by atoms with Gasteiger partial charge in [0.25, 0.3) is 0 Å². The lowest BCUT2D eigenvalue weighted by Crippen LogP contribution is -2.14. The third kappa shape index (κ3) is 3.49. The first-order chi connectivity index (χ1) is 8.29. The summed E-state index contributed by atoms with van der Waals surface area (Å²) in [6.45, 7) is 2.13. The van der Waals surface area contributed by atoms with Crippen LogP contribution in [-0.2, 0) is 22.6 Å². The first kappa shape index (κ1) is 12.5. The van der Waals surface area contributed by atoms with E-state index in [2.05, 4.69) is 0 Å². The minimum absolute atomic E-state index is 0.214. The molecule has 0 amide bonds. The lowest BCUT2D eigenvalue weighted by Gasteiger charge is -2.10. The van der Waals surface area contributed by atoms with E-state index >= 15 is 0 Å². The van der Waals surface area contributed by atoms with E-state index in [1.165, 1.54) is 6.07 Å². The Morgan fingerprint density at radius 2 is 2.35 bits per heavy atom. The van der Waals surface area contributed by atoms with Crippen LogP contribution in [0, 0.1) is 5.82 Å². The largest absolute Gasteiger partial charge is 0.376 e. The zero-order chi connectivity index (χ0) is 12.1. The van der Waals surface area contributed by atoms with Crippen molar-refractivity contribution in [3.63, 3.8) is 0 Å². The topological polar surface area (TPSA) is 44.5 Å². The van der Waals surface area contributed by atoms with E-state index in [1.807, 2.05) is 0 Å². The van der Waals surface area contributed by atoms with Gasteiger partial charge in [-0.25, -0.2) is 4.39 Å². The lowest BCUT2D eigenvalue weighted by molar-refractivity contribution is 0.0105. The maximum atomic E-state index is 13.2. The molecule has 94 valence electrons. The van der Waals surface area contributed by atoms with Crippen molar-refractivity contribution in [2.75, 3.05) is 13.2 Å². The highest BCUT2D eigenvalue weighted by molar-refractivity contribution is 5.24. The Morgan fingerprint density at radius 1 is 1.47 bits per heavy atom. The van der Waals surface area contributed by atoms with Gasteiger partial charge >= 0.3 is 0 Å². The molecule has 0 aromatic heterocycles. The fraction of sp³-hybridized carbons (Fsp3) is 0.538. The summed E-state index contributed by atoms with van der Waals surface area (Å²) in [5, 5.41) is 0. The van der Waals surface area contributed by atoms with Crippen LogP contribution in [0.5, 0.6) is 0 Å². The zero-order valence-corrected chi connectivity index (χ0v) is 9.82. The molecule has 0 aliphatic carbocycles. The third-order valence-electron chi connectivity index (χ3n) is 2.93. The fourth-order valence-electron chi connectivity index (χ4n) is 1.96. The van der Waals surface area contributed by atoms with Crippen molar-refractivity contribution in [2.24, 2.45) is 5.73 Å². The predicted octanol–water partition coefficient (Wildman–Crippen LogP) is 1.98. The predicted molar refractivity (Wildman–Crippen MR) is 62.9 cm³/mol. The number of hydrogen-bond acceptors (Lipinski definition) is 3. The molecule has 3 nitrogen and oxygen atoms in total. The molecule has 1 aromatic rings. The van der Waals surface area contributed by atoms with Crippen molar-refractivity contribution in [3.05, 3.63) is 35.1 Å². The summed E-state index contributed by atoms with van der Waals surface area (Å²) in [7, 11) is 0. The normalized spacial score (nSPS) is 19.8. The summed E-state index contributed by atoms with van der Waals surface area (Å²) < 4.78 is 24.2. The maximum Gasteiger partial charge on any atom is 0.127 e. The summed E-state index contributed by atoms with van der Waals surface area (Å²) in [4.78, 5) is 0. The number of hydrogen-bond donors (Lipinski definition) is 1. The molecule has 1 atom stereocenters. The van der Waals surface area contributed by atoms with Gasteiger partial charge in [-0.15, -0.1) is 0 Å². The number of ether oxygens (including phenoxy) is 2. The lowest BCUT2D eigenvalue weighted by atomic mass is 10.1. The zero-order valence-electron chi connectivity index (χ0n) is 9.82. The van der Waals surface area contributed by atoms with Crippen molar-refractivity contribution < 1.29 is 13.9 Å². The van der Waals surface area contributed by atoms with Crippen LogP contribution in [-0.4, -0.2) is 19.3 Å². The Labute approximate surface area is 101 Å². The molecule has 1 heterocycles. The number of nitrogens with two attached hydrogens (primary N) is 1. The first-order valence-electron chi connectivity index (χ1n) is 5.96. The minimum Gasteiger partial charge on any atom is -0.376 e. The molecule has 1 aliphatic heterocycles. The number of halogens is 1. The summed E-state index contributed by atoms with van der Waals surface area (Å²) in [5.74, 6) is -0.254. The fourth-order valence-corrected chi connectivity index (χ4v) is 1.96. The van der Waals surface area contributed by atoms with Crippen LogP contribution < -0.4 is 5.73 Å². The average molecular weight is 239 g/mol. The van der Waals surface area contributed by atoms with Crippen LogP contribution in [0.15, 0.2) is 18.2 Å². The van der Waals surface area contributed by atoms with Gasteiger partial charge in [0.15, 0.2) is 0 Å². The summed E-state index contributed by atoms with van der Waals surface area (Å²) in [6.07, 6.45) is 2.41. The van der Waals surface area contributed by atoms with Gasteiger partial charge in [0.1, 0.15) is 5.82 Å². The third-order valence-corrected chi connectivity index (χ3v) is 2.93. The second kappa shape index (κ2) is 6.10. The van der Waals surface area contributed by atoms with Crippen LogP contribution in [0.25, 0.3) is 0 Å².